The zero-order valence-electron chi connectivity index (χ0n) is 10.4. The van der Waals surface area contributed by atoms with Crippen molar-refractivity contribution in [3.8, 4) is 5.75 Å². The summed E-state index contributed by atoms with van der Waals surface area (Å²) >= 11 is 9.51. The van der Waals surface area contributed by atoms with Crippen molar-refractivity contribution >= 4 is 27.5 Å². The third kappa shape index (κ3) is 3.47. The molecular weight excluding hydrogens is 328 g/mol. The smallest absolute Gasteiger partial charge is 0.124 e. The Morgan fingerprint density at radius 1 is 1.42 bits per heavy atom. The molecule has 0 bridgehead atoms. The first-order chi connectivity index (χ1) is 9.11. The van der Waals surface area contributed by atoms with E-state index in [1.807, 2.05) is 24.3 Å². The minimum absolute atomic E-state index is 0.178. The van der Waals surface area contributed by atoms with Crippen LogP contribution in [0.3, 0.4) is 0 Å². The Morgan fingerprint density at radius 2 is 2.21 bits per heavy atom. The van der Waals surface area contributed by atoms with E-state index in [0.29, 0.717) is 11.4 Å². The zero-order valence-corrected chi connectivity index (χ0v) is 12.8. The lowest BCUT2D eigenvalue weighted by molar-refractivity contribution is 0.405. The maximum atomic E-state index is 6.25. The van der Waals surface area contributed by atoms with E-state index in [-0.39, 0.29) is 6.04 Å². The molecule has 1 aromatic heterocycles. The molecule has 1 atom stereocenters. The van der Waals surface area contributed by atoms with Gasteiger partial charge in [0.2, 0.25) is 0 Å². The fourth-order valence-corrected chi connectivity index (χ4v) is 2.44. The van der Waals surface area contributed by atoms with Gasteiger partial charge in [-0.2, -0.15) is 0 Å². The summed E-state index contributed by atoms with van der Waals surface area (Å²) in [6.45, 7) is 0. The van der Waals surface area contributed by atoms with Gasteiger partial charge in [-0.25, -0.2) is 0 Å². The Bertz CT molecular complexity index is 577. The number of ether oxygens (including phenoxy) is 1. The summed E-state index contributed by atoms with van der Waals surface area (Å²) in [6.07, 6.45) is 3.98. The maximum absolute atomic E-state index is 6.25. The topological polar surface area (TPSA) is 48.1 Å². The predicted molar refractivity (Wildman–Crippen MR) is 80.6 cm³/mol. The number of aromatic nitrogens is 1. The first kappa shape index (κ1) is 14.3. The van der Waals surface area contributed by atoms with Gasteiger partial charge in [-0.1, -0.05) is 33.6 Å². The fraction of sp³-hybridized carbons (Fsp3) is 0.214. The zero-order chi connectivity index (χ0) is 13.8. The lowest BCUT2D eigenvalue weighted by Crippen LogP contribution is -2.14. The predicted octanol–water partition coefficient (Wildman–Crippen LogP) is 3.75. The molecule has 0 radical (unpaired) electrons. The lowest BCUT2D eigenvalue weighted by Gasteiger charge is -2.16. The maximum Gasteiger partial charge on any atom is 0.124 e. The molecule has 2 rings (SSSR count). The second-order valence-electron chi connectivity index (χ2n) is 4.16. The molecule has 3 nitrogen and oxygen atoms in total. The molecule has 1 aromatic carbocycles. The molecule has 1 heterocycles. The Kier molecular flexibility index (Phi) is 4.80. The minimum atomic E-state index is -0.178. The van der Waals surface area contributed by atoms with E-state index >= 15 is 0 Å². The molecule has 0 saturated carbocycles. The summed E-state index contributed by atoms with van der Waals surface area (Å²) in [6, 6.07) is 7.52. The first-order valence-corrected chi connectivity index (χ1v) is 6.96. The molecule has 0 saturated heterocycles. The number of nitrogens with zero attached hydrogens (tertiary/aromatic N) is 1. The van der Waals surface area contributed by atoms with Crippen molar-refractivity contribution in [2.24, 2.45) is 5.73 Å². The van der Waals surface area contributed by atoms with Crippen LogP contribution < -0.4 is 10.5 Å². The monoisotopic (exact) mass is 340 g/mol. The van der Waals surface area contributed by atoms with Crippen molar-refractivity contribution in [2.45, 2.75) is 12.5 Å². The summed E-state index contributed by atoms with van der Waals surface area (Å²) in [5.41, 5.74) is 8.19. The highest BCUT2D eigenvalue weighted by molar-refractivity contribution is 9.10. The van der Waals surface area contributed by atoms with Gasteiger partial charge in [-0.15, -0.1) is 0 Å². The van der Waals surface area contributed by atoms with Crippen LogP contribution in [0.25, 0.3) is 0 Å². The summed E-state index contributed by atoms with van der Waals surface area (Å²) in [5.74, 6) is 0.770. The van der Waals surface area contributed by atoms with E-state index in [1.165, 1.54) is 0 Å². The average molecular weight is 342 g/mol. The van der Waals surface area contributed by atoms with Gasteiger partial charge in [0.15, 0.2) is 0 Å². The van der Waals surface area contributed by atoms with E-state index in [4.69, 9.17) is 22.1 Å². The molecule has 0 fully saturated rings. The van der Waals surface area contributed by atoms with Crippen LogP contribution in [0.5, 0.6) is 5.75 Å². The summed E-state index contributed by atoms with van der Waals surface area (Å²) < 4.78 is 6.32. The van der Waals surface area contributed by atoms with E-state index in [9.17, 15) is 0 Å². The van der Waals surface area contributed by atoms with Gasteiger partial charge < -0.3 is 10.5 Å². The van der Waals surface area contributed by atoms with Gasteiger partial charge in [-0.3, -0.25) is 4.98 Å². The van der Waals surface area contributed by atoms with Crippen molar-refractivity contribution in [1.82, 2.24) is 4.98 Å². The van der Waals surface area contributed by atoms with Gasteiger partial charge in [0, 0.05) is 28.5 Å². The van der Waals surface area contributed by atoms with Gasteiger partial charge in [0.1, 0.15) is 5.75 Å². The highest BCUT2D eigenvalue weighted by Gasteiger charge is 2.14. The second kappa shape index (κ2) is 6.37. The molecule has 100 valence electrons. The van der Waals surface area contributed by atoms with Crippen molar-refractivity contribution < 1.29 is 4.74 Å². The highest BCUT2D eigenvalue weighted by Crippen LogP contribution is 2.30. The molecule has 2 aromatic rings. The summed E-state index contributed by atoms with van der Waals surface area (Å²) in [4.78, 5) is 3.97. The number of hydrogen-bond donors (Lipinski definition) is 1. The van der Waals surface area contributed by atoms with Gasteiger partial charge in [0.25, 0.3) is 0 Å². The second-order valence-corrected chi connectivity index (χ2v) is 5.49. The van der Waals surface area contributed by atoms with Crippen LogP contribution in [0.1, 0.15) is 17.2 Å². The molecule has 1 unspecified atom stereocenters. The van der Waals surface area contributed by atoms with E-state index < -0.39 is 0 Å². The Hall–Kier alpha value is -1.10. The van der Waals surface area contributed by atoms with Crippen LogP contribution in [0.15, 0.2) is 41.1 Å². The fourth-order valence-electron chi connectivity index (χ4n) is 1.91. The van der Waals surface area contributed by atoms with Crippen LogP contribution in [0, 0.1) is 0 Å². The van der Waals surface area contributed by atoms with Crippen molar-refractivity contribution in [3.05, 3.63) is 57.3 Å². The van der Waals surface area contributed by atoms with Crippen LogP contribution in [-0.2, 0) is 6.42 Å². The number of methoxy groups -OCH3 is 1. The molecular formula is C14H14BrClN2O. The van der Waals surface area contributed by atoms with Crippen LogP contribution in [-0.4, -0.2) is 12.1 Å². The van der Waals surface area contributed by atoms with Gasteiger partial charge in [0.05, 0.1) is 12.1 Å². The summed E-state index contributed by atoms with van der Waals surface area (Å²) in [7, 11) is 1.64. The number of halogens is 2. The molecule has 19 heavy (non-hydrogen) atoms. The number of rotatable bonds is 4. The largest absolute Gasteiger partial charge is 0.496 e. The minimum Gasteiger partial charge on any atom is -0.496 e. The van der Waals surface area contributed by atoms with Crippen molar-refractivity contribution in [1.29, 1.82) is 0 Å². The molecule has 5 heteroatoms. The van der Waals surface area contributed by atoms with E-state index in [1.54, 1.807) is 19.5 Å². The van der Waals surface area contributed by atoms with E-state index in [0.717, 1.165) is 21.3 Å². The van der Waals surface area contributed by atoms with Gasteiger partial charge >= 0.3 is 0 Å². The Labute approximate surface area is 125 Å². The third-order valence-electron chi connectivity index (χ3n) is 2.89. The number of hydrogen-bond acceptors (Lipinski definition) is 3. The van der Waals surface area contributed by atoms with E-state index in [2.05, 4.69) is 20.9 Å². The Morgan fingerprint density at radius 3 is 2.89 bits per heavy atom. The molecule has 0 aliphatic rings. The van der Waals surface area contributed by atoms with Crippen LogP contribution in [0.4, 0.5) is 0 Å². The standard InChI is InChI=1S/C14H14BrClN2O/c1-19-14-7-10(15)2-3-11(14)13(17)6-9-4-5-18-8-12(9)16/h2-5,7-8,13H,6,17H2,1H3. The molecule has 2 N–H and O–H groups in total. The quantitative estimate of drug-likeness (QED) is 0.921. The van der Waals surface area contributed by atoms with Crippen molar-refractivity contribution in [3.63, 3.8) is 0 Å². The average Bonchev–Trinajstić information content (AvgIpc) is 2.41. The number of benzene rings is 1. The molecule has 0 amide bonds. The van der Waals surface area contributed by atoms with Gasteiger partial charge in [-0.05, 0) is 30.2 Å². The molecule has 0 aliphatic carbocycles. The van der Waals surface area contributed by atoms with Crippen LogP contribution in [0.2, 0.25) is 5.02 Å². The SMILES string of the molecule is COc1cc(Br)ccc1C(N)Cc1ccncc1Cl. The van der Waals surface area contributed by atoms with Crippen molar-refractivity contribution in [2.75, 3.05) is 7.11 Å². The highest BCUT2D eigenvalue weighted by atomic mass is 79.9. The Balaban J connectivity index is 2.25. The van der Waals surface area contributed by atoms with Crippen LogP contribution >= 0.6 is 27.5 Å². The number of pyridine rings is 1. The molecule has 0 spiro atoms. The third-order valence-corrected chi connectivity index (χ3v) is 3.72. The first-order valence-electron chi connectivity index (χ1n) is 5.79. The number of nitrogens with two attached hydrogens (primary N) is 1. The normalized spacial score (nSPS) is 12.2. The molecule has 0 aliphatic heterocycles. The lowest BCUT2D eigenvalue weighted by atomic mass is 9.99. The summed E-state index contributed by atoms with van der Waals surface area (Å²) in [5, 5.41) is 0.633.